The zero-order valence-electron chi connectivity index (χ0n) is 13.5. The predicted octanol–water partition coefficient (Wildman–Crippen LogP) is 1.56. The van der Waals surface area contributed by atoms with Crippen LogP contribution in [0.2, 0.25) is 0 Å². The second kappa shape index (κ2) is 7.14. The van der Waals surface area contributed by atoms with Crippen molar-refractivity contribution in [2.75, 3.05) is 25.1 Å². The number of hydrogen-bond donors (Lipinski definition) is 1. The van der Waals surface area contributed by atoms with Gasteiger partial charge in [0.25, 0.3) is 0 Å². The number of anilines is 1. The van der Waals surface area contributed by atoms with Crippen LogP contribution in [0.1, 0.15) is 18.7 Å². The van der Waals surface area contributed by atoms with Gasteiger partial charge in [0.2, 0.25) is 10.0 Å². The van der Waals surface area contributed by atoms with E-state index in [1.165, 1.54) is 19.2 Å². The molecule has 24 heavy (non-hydrogen) atoms. The van der Waals surface area contributed by atoms with Gasteiger partial charge in [-0.05, 0) is 31.0 Å². The summed E-state index contributed by atoms with van der Waals surface area (Å²) in [5.41, 5.74) is 0. The Labute approximate surface area is 141 Å². The molecule has 1 fully saturated rings. The van der Waals surface area contributed by atoms with Crippen LogP contribution in [0.4, 0.5) is 5.82 Å². The third-order valence-corrected chi connectivity index (χ3v) is 5.29. The first-order chi connectivity index (χ1) is 11.6. The maximum Gasteiger partial charge on any atom is 0.241 e. The van der Waals surface area contributed by atoms with Crippen LogP contribution >= 0.6 is 0 Å². The van der Waals surface area contributed by atoms with Crippen LogP contribution < -0.4 is 14.4 Å². The van der Waals surface area contributed by atoms with Gasteiger partial charge < -0.3 is 9.64 Å². The Morgan fingerprint density at radius 2 is 2.04 bits per heavy atom. The first-order valence-corrected chi connectivity index (χ1v) is 9.27. The van der Waals surface area contributed by atoms with Crippen molar-refractivity contribution in [2.24, 2.45) is 0 Å². The number of nitrogens with zero attached hydrogens (tertiary/aromatic N) is 3. The van der Waals surface area contributed by atoms with E-state index in [0.29, 0.717) is 11.6 Å². The highest BCUT2D eigenvalue weighted by Gasteiger charge is 2.17. The van der Waals surface area contributed by atoms with Crippen LogP contribution in [0.25, 0.3) is 0 Å². The molecule has 1 aromatic carbocycles. The number of methoxy groups -OCH3 is 1. The lowest BCUT2D eigenvalue weighted by atomic mass is 10.3. The van der Waals surface area contributed by atoms with Gasteiger partial charge in [-0.2, -0.15) is 0 Å². The maximum absolute atomic E-state index is 12.4. The normalized spacial score (nSPS) is 14.8. The molecule has 0 spiro atoms. The fourth-order valence-electron chi connectivity index (χ4n) is 2.61. The van der Waals surface area contributed by atoms with Gasteiger partial charge in [-0.15, -0.1) is 0 Å². The van der Waals surface area contributed by atoms with E-state index >= 15 is 0 Å². The summed E-state index contributed by atoms with van der Waals surface area (Å²) in [6.45, 7) is 2.00. The molecule has 0 radical (unpaired) electrons. The molecule has 1 saturated heterocycles. The summed E-state index contributed by atoms with van der Waals surface area (Å²) in [5, 5.41) is 0. The smallest absolute Gasteiger partial charge is 0.241 e. The zero-order chi connectivity index (χ0) is 17.0. The third-order valence-electron chi connectivity index (χ3n) is 3.89. The molecule has 1 aromatic heterocycles. The molecule has 0 amide bonds. The van der Waals surface area contributed by atoms with Gasteiger partial charge in [0.05, 0.1) is 18.6 Å². The predicted molar refractivity (Wildman–Crippen MR) is 90.5 cm³/mol. The van der Waals surface area contributed by atoms with Crippen molar-refractivity contribution >= 4 is 15.8 Å². The molecule has 128 valence electrons. The van der Waals surface area contributed by atoms with Crippen molar-refractivity contribution < 1.29 is 13.2 Å². The van der Waals surface area contributed by atoms with Gasteiger partial charge in [0.1, 0.15) is 17.4 Å². The SMILES string of the molecule is COc1cccc(S(=O)(=O)NCc2nccc(N3CCCC3)n2)c1. The Balaban J connectivity index is 1.71. The van der Waals surface area contributed by atoms with Gasteiger partial charge >= 0.3 is 0 Å². The lowest BCUT2D eigenvalue weighted by molar-refractivity contribution is 0.413. The molecule has 8 heteroatoms. The van der Waals surface area contributed by atoms with Crippen molar-refractivity contribution in [3.05, 3.63) is 42.4 Å². The maximum atomic E-state index is 12.4. The highest BCUT2D eigenvalue weighted by Crippen LogP contribution is 2.18. The molecule has 2 heterocycles. The Morgan fingerprint density at radius 3 is 2.79 bits per heavy atom. The molecule has 1 aliphatic heterocycles. The fourth-order valence-corrected chi connectivity index (χ4v) is 3.62. The minimum absolute atomic E-state index is 0.0429. The monoisotopic (exact) mass is 348 g/mol. The summed E-state index contributed by atoms with van der Waals surface area (Å²) in [5.74, 6) is 1.79. The van der Waals surface area contributed by atoms with Gasteiger partial charge in [0, 0.05) is 25.4 Å². The molecule has 0 saturated carbocycles. The first-order valence-electron chi connectivity index (χ1n) is 7.79. The average Bonchev–Trinajstić information content (AvgIpc) is 3.15. The molecular weight excluding hydrogens is 328 g/mol. The van der Waals surface area contributed by atoms with E-state index in [-0.39, 0.29) is 11.4 Å². The van der Waals surface area contributed by atoms with E-state index in [1.54, 1.807) is 18.3 Å². The summed E-state index contributed by atoms with van der Waals surface area (Å²) in [7, 11) is -2.15. The number of rotatable bonds is 6. The second-order valence-electron chi connectivity index (χ2n) is 5.53. The molecule has 3 rings (SSSR count). The van der Waals surface area contributed by atoms with Crippen LogP contribution in [-0.4, -0.2) is 38.6 Å². The summed E-state index contributed by atoms with van der Waals surface area (Å²) < 4.78 is 32.4. The van der Waals surface area contributed by atoms with Gasteiger partial charge in [0.15, 0.2) is 0 Å². The molecule has 1 aliphatic rings. The summed E-state index contributed by atoms with van der Waals surface area (Å²) in [6.07, 6.45) is 3.97. The lowest BCUT2D eigenvalue weighted by Crippen LogP contribution is -2.25. The van der Waals surface area contributed by atoms with E-state index in [1.807, 2.05) is 6.07 Å². The quantitative estimate of drug-likeness (QED) is 0.853. The molecule has 7 nitrogen and oxygen atoms in total. The van der Waals surface area contributed by atoms with Crippen LogP contribution in [0, 0.1) is 0 Å². The second-order valence-corrected chi connectivity index (χ2v) is 7.30. The summed E-state index contributed by atoms with van der Waals surface area (Å²) in [6, 6.07) is 8.18. The Hall–Kier alpha value is -2.19. The van der Waals surface area contributed by atoms with E-state index in [2.05, 4.69) is 19.6 Å². The Morgan fingerprint density at radius 1 is 1.25 bits per heavy atom. The molecule has 0 unspecified atom stereocenters. The number of ether oxygens (including phenoxy) is 1. The van der Waals surface area contributed by atoms with Crippen molar-refractivity contribution in [1.82, 2.24) is 14.7 Å². The van der Waals surface area contributed by atoms with Crippen LogP contribution in [0.5, 0.6) is 5.75 Å². The van der Waals surface area contributed by atoms with Crippen LogP contribution in [0.3, 0.4) is 0 Å². The number of sulfonamides is 1. The van der Waals surface area contributed by atoms with Crippen molar-refractivity contribution in [1.29, 1.82) is 0 Å². The van der Waals surface area contributed by atoms with E-state index in [0.717, 1.165) is 31.7 Å². The van der Waals surface area contributed by atoms with Gasteiger partial charge in [-0.1, -0.05) is 6.07 Å². The minimum atomic E-state index is -3.65. The highest BCUT2D eigenvalue weighted by atomic mass is 32.2. The molecule has 0 aliphatic carbocycles. The van der Waals surface area contributed by atoms with Crippen molar-refractivity contribution in [3.63, 3.8) is 0 Å². The van der Waals surface area contributed by atoms with E-state index < -0.39 is 10.0 Å². The number of aromatic nitrogens is 2. The molecule has 0 atom stereocenters. The number of nitrogens with one attached hydrogen (secondary N) is 1. The average molecular weight is 348 g/mol. The topological polar surface area (TPSA) is 84.4 Å². The first kappa shape index (κ1) is 16.7. The van der Waals surface area contributed by atoms with Gasteiger partial charge in [-0.25, -0.2) is 23.1 Å². The largest absolute Gasteiger partial charge is 0.497 e. The molecule has 2 aromatic rings. The Kier molecular flexibility index (Phi) is 4.96. The van der Waals surface area contributed by atoms with E-state index in [4.69, 9.17) is 4.74 Å². The van der Waals surface area contributed by atoms with Crippen LogP contribution in [-0.2, 0) is 16.6 Å². The summed E-state index contributed by atoms with van der Waals surface area (Å²) >= 11 is 0. The third kappa shape index (κ3) is 3.82. The molecule has 1 N–H and O–H groups in total. The number of benzene rings is 1. The lowest BCUT2D eigenvalue weighted by Gasteiger charge is -2.16. The highest BCUT2D eigenvalue weighted by molar-refractivity contribution is 7.89. The minimum Gasteiger partial charge on any atom is -0.497 e. The molecular formula is C16H20N4O3S. The fraction of sp³-hybridized carbons (Fsp3) is 0.375. The standard InChI is InChI=1S/C16H20N4O3S/c1-23-13-5-4-6-14(11-13)24(21,22)18-12-15-17-8-7-16(19-15)20-9-2-3-10-20/h4-8,11,18H,2-3,9-10,12H2,1H3. The van der Waals surface area contributed by atoms with Crippen molar-refractivity contribution in [2.45, 2.75) is 24.3 Å². The summed E-state index contributed by atoms with van der Waals surface area (Å²) in [4.78, 5) is 10.9. The van der Waals surface area contributed by atoms with Crippen molar-refractivity contribution in [3.8, 4) is 5.75 Å². The van der Waals surface area contributed by atoms with Gasteiger partial charge in [-0.3, -0.25) is 0 Å². The zero-order valence-corrected chi connectivity index (χ0v) is 14.3. The van der Waals surface area contributed by atoms with E-state index in [9.17, 15) is 8.42 Å². The number of hydrogen-bond acceptors (Lipinski definition) is 6. The Bertz CT molecular complexity index is 804. The van der Waals surface area contributed by atoms with Crippen LogP contribution in [0.15, 0.2) is 41.4 Å². The molecule has 0 bridgehead atoms.